The molecule has 0 radical (unpaired) electrons. The summed E-state index contributed by atoms with van der Waals surface area (Å²) in [4.78, 5) is 21.0. The van der Waals surface area contributed by atoms with Crippen LogP contribution in [0.1, 0.15) is 15.9 Å². The fraction of sp³-hybridized carbons (Fsp3) is 0.0455. The molecule has 29 heavy (non-hydrogen) atoms. The van der Waals surface area contributed by atoms with E-state index in [1.807, 2.05) is 29.6 Å². The van der Waals surface area contributed by atoms with E-state index >= 15 is 0 Å². The van der Waals surface area contributed by atoms with E-state index in [9.17, 15) is 9.90 Å². The second-order valence-electron chi connectivity index (χ2n) is 6.15. The molecule has 0 unspecified atom stereocenters. The van der Waals surface area contributed by atoms with Crippen molar-refractivity contribution < 1.29 is 19.1 Å². The second kappa shape index (κ2) is 8.12. The van der Waals surface area contributed by atoms with Crippen LogP contribution in [0.3, 0.4) is 0 Å². The molecule has 7 heteroatoms. The number of nitrogens with zero attached hydrogens (tertiary/aromatic N) is 2. The zero-order valence-corrected chi connectivity index (χ0v) is 16.1. The van der Waals surface area contributed by atoms with Crippen LogP contribution in [0.25, 0.3) is 21.7 Å². The van der Waals surface area contributed by atoms with Crippen LogP contribution in [0, 0.1) is 0 Å². The van der Waals surface area contributed by atoms with E-state index in [4.69, 9.17) is 9.15 Å². The van der Waals surface area contributed by atoms with Gasteiger partial charge in [-0.2, -0.15) is 0 Å². The second-order valence-corrected chi connectivity index (χ2v) is 7.10. The maximum Gasteiger partial charge on any atom is 0.335 e. The number of benzene rings is 1. The quantitative estimate of drug-likeness (QED) is 0.401. The van der Waals surface area contributed by atoms with E-state index in [0.717, 1.165) is 21.7 Å². The number of furan rings is 1. The van der Waals surface area contributed by atoms with Crippen LogP contribution in [-0.2, 0) is 6.61 Å². The summed E-state index contributed by atoms with van der Waals surface area (Å²) in [5.41, 5.74) is 3.80. The van der Waals surface area contributed by atoms with Gasteiger partial charge in [0.1, 0.15) is 12.3 Å². The summed E-state index contributed by atoms with van der Waals surface area (Å²) in [6.45, 7) is 3.82. The standard InChI is InChI=1S/C22H16N2O4S/c1-23-20-17(16-7-8-27-13-16)11-18(19-6-3-9-29-19)24-21(20)28-12-14-4-2-5-15(10-14)22(25)26/h2-11,13H,1,12H2,(H,25,26). The lowest BCUT2D eigenvalue weighted by Gasteiger charge is -2.13. The number of carboxylic acid groups (broad SMARTS) is 1. The third-order valence-corrected chi connectivity index (χ3v) is 5.17. The smallest absolute Gasteiger partial charge is 0.335 e. The van der Waals surface area contributed by atoms with E-state index in [-0.39, 0.29) is 12.2 Å². The van der Waals surface area contributed by atoms with Crippen molar-refractivity contribution in [2.45, 2.75) is 6.61 Å². The zero-order valence-electron chi connectivity index (χ0n) is 15.2. The molecule has 0 spiro atoms. The highest BCUT2D eigenvalue weighted by Crippen LogP contribution is 2.41. The molecule has 1 aromatic carbocycles. The minimum Gasteiger partial charge on any atom is -0.478 e. The van der Waals surface area contributed by atoms with E-state index < -0.39 is 5.97 Å². The maximum absolute atomic E-state index is 11.2. The molecule has 4 aromatic rings. The van der Waals surface area contributed by atoms with Crippen molar-refractivity contribution in [1.82, 2.24) is 4.98 Å². The Hall–Kier alpha value is -3.71. The molecule has 0 saturated carbocycles. The molecule has 1 N–H and O–H groups in total. The minimum absolute atomic E-state index is 0.148. The van der Waals surface area contributed by atoms with Crippen LogP contribution >= 0.6 is 11.3 Å². The average Bonchev–Trinajstić information content (AvgIpc) is 3.46. The molecular formula is C22H16N2O4S. The molecule has 0 fully saturated rings. The van der Waals surface area contributed by atoms with Crippen molar-refractivity contribution in [3.05, 3.63) is 77.6 Å². The Labute approximate surface area is 170 Å². The van der Waals surface area contributed by atoms with E-state index in [2.05, 4.69) is 16.7 Å². The number of thiophene rings is 1. The van der Waals surface area contributed by atoms with Crippen molar-refractivity contribution in [3.63, 3.8) is 0 Å². The molecule has 4 rings (SSSR count). The number of hydrogen-bond acceptors (Lipinski definition) is 6. The van der Waals surface area contributed by atoms with Crippen LogP contribution in [0.2, 0.25) is 0 Å². The van der Waals surface area contributed by atoms with Gasteiger partial charge in [-0.25, -0.2) is 9.78 Å². The predicted molar refractivity (Wildman–Crippen MR) is 112 cm³/mol. The van der Waals surface area contributed by atoms with Gasteiger partial charge in [-0.15, -0.1) is 11.3 Å². The van der Waals surface area contributed by atoms with Crippen LogP contribution in [0.15, 0.2) is 75.8 Å². The highest BCUT2D eigenvalue weighted by Gasteiger charge is 2.17. The number of aromatic nitrogens is 1. The van der Waals surface area contributed by atoms with Gasteiger partial charge in [-0.3, -0.25) is 4.99 Å². The summed E-state index contributed by atoms with van der Waals surface area (Å²) in [6.07, 6.45) is 3.22. The Kier molecular flexibility index (Phi) is 5.22. The first kappa shape index (κ1) is 18.6. The van der Waals surface area contributed by atoms with Crippen LogP contribution < -0.4 is 4.74 Å². The Morgan fingerprint density at radius 3 is 2.83 bits per heavy atom. The normalized spacial score (nSPS) is 10.6. The predicted octanol–water partition coefficient (Wildman–Crippen LogP) is 5.68. The molecule has 144 valence electrons. The molecule has 6 nitrogen and oxygen atoms in total. The Morgan fingerprint density at radius 2 is 2.14 bits per heavy atom. The summed E-state index contributed by atoms with van der Waals surface area (Å²) in [5, 5.41) is 11.2. The van der Waals surface area contributed by atoms with Crippen molar-refractivity contribution in [3.8, 4) is 27.6 Å². The van der Waals surface area contributed by atoms with Crippen molar-refractivity contribution in [2.24, 2.45) is 4.99 Å². The molecular weight excluding hydrogens is 388 g/mol. The monoisotopic (exact) mass is 404 g/mol. The number of ether oxygens (including phenoxy) is 1. The third-order valence-electron chi connectivity index (χ3n) is 4.27. The van der Waals surface area contributed by atoms with Gasteiger partial charge >= 0.3 is 5.97 Å². The molecule has 0 bridgehead atoms. The van der Waals surface area contributed by atoms with Gasteiger partial charge in [0.2, 0.25) is 5.88 Å². The number of aromatic carboxylic acids is 1. The Morgan fingerprint density at radius 1 is 1.24 bits per heavy atom. The summed E-state index contributed by atoms with van der Waals surface area (Å²) >= 11 is 1.57. The first-order chi connectivity index (χ1) is 14.2. The fourth-order valence-corrected chi connectivity index (χ4v) is 3.59. The molecule has 0 aliphatic rings. The molecule has 3 aromatic heterocycles. The van der Waals surface area contributed by atoms with Crippen molar-refractivity contribution >= 4 is 29.7 Å². The van der Waals surface area contributed by atoms with Gasteiger partial charge in [0.25, 0.3) is 0 Å². The van der Waals surface area contributed by atoms with E-state index in [1.165, 1.54) is 6.07 Å². The number of rotatable bonds is 7. The highest BCUT2D eigenvalue weighted by atomic mass is 32.1. The maximum atomic E-state index is 11.2. The van der Waals surface area contributed by atoms with Gasteiger partial charge < -0.3 is 14.3 Å². The lowest BCUT2D eigenvalue weighted by Crippen LogP contribution is -2.02. The third kappa shape index (κ3) is 3.95. The first-order valence-electron chi connectivity index (χ1n) is 8.69. The van der Waals surface area contributed by atoms with Crippen molar-refractivity contribution in [2.75, 3.05) is 0 Å². The van der Waals surface area contributed by atoms with E-state index in [1.54, 1.807) is 42.1 Å². The zero-order chi connectivity index (χ0) is 20.2. The van der Waals surface area contributed by atoms with Crippen LogP contribution in [0.4, 0.5) is 5.69 Å². The molecule has 0 saturated heterocycles. The van der Waals surface area contributed by atoms with Gasteiger partial charge in [0.05, 0.1) is 28.7 Å². The molecule has 0 aliphatic carbocycles. The number of pyridine rings is 1. The fourth-order valence-electron chi connectivity index (χ4n) is 2.90. The summed E-state index contributed by atoms with van der Waals surface area (Å²) in [7, 11) is 0. The SMILES string of the molecule is C=Nc1c(-c2ccoc2)cc(-c2cccs2)nc1OCc1cccc(C(=O)O)c1. The number of aliphatic imine (C=N–C) groups is 1. The molecule has 0 atom stereocenters. The van der Waals surface area contributed by atoms with Gasteiger partial charge in [0, 0.05) is 11.1 Å². The number of carbonyl (C=O) groups is 1. The molecule has 0 aliphatic heterocycles. The average molecular weight is 404 g/mol. The topological polar surface area (TPSA) is 84.9 Å². The first-order valence-corrected chi connectivity index (χ1v) is 9.57. The minimum atomic E-state index is -0.986. The Balaban J connectivity index is 1.74. The number of carboxylic acids is 1. The lowest BCUT2D eigenvalue weighted by molar-refractivity contribution is 0.0696. The Bertz CT molecular complexity index is 1150. The molecule has 0 amide bonds. The van der Waals surface area contributed by atoms with Gasteiger partial charge in [0.15, 0.2) is 0 Å². The molecule has 3 heterocycles. The van der Waals surface area contributed by atoms with Crippen LogP contribution in [0.5, 0.6) is 5.88 Å². The largest absolute Gasteiger partial charge is 0.478 e. The van der Waals surface area contributed by atoms with E-state index in [0.29, 0.717) is 17.1 Å². The summed E-state index contributed by atoms with van der Waals surface area (Å²) in [5.74, 6) is -0.664. The van der Waals surface area contributed by atoms with Gasteiger partial charge in [-0.1, -0.05) is 18.2 Å². The van der Waals surface area contributed by atoms with Gasteiger partial charge in [-0.05, 0) is 48.0 Å². The number of hydrogen-bond donors (Lipinski definition) is 1. The highest BCUT2D eigenvalue weighted by molar-refractivity contribution is 7.13. The lowest BCUT2D eigenvalue weighted by atomic mass is 10.1. The van der Waals surface area contributed by atoms with Crippen molar-refractivity contribution in [1.29, 1.82) is 0 Å². The summed E-state index contributed by atoms with van der Waals surface area (Å²) < 4.78 is 11.2. The van der Waals surface area contributed by atoms with Crippen LogP contribution in [-0.4, -0.2) is 22.8 Å². The summed E-state index contributed by atoms with van der Waals surface area (Å²) in [6, 6.07) is 14.3.